The minimum Gasteiger partial charge on any atom is -0.460 e. The average molecular weight is 216 g/mol. The van der Waals surface area contributed by atoms with Crippen molar-refractivity contribution in [2.45, 2.75) is 32.0 Å². The molecule has 1 aromatic heterocycles. The van der Waals surface area contributed by atoms with Crippen molar-refractivity contribution in [3.05, 3.63) is 35.6 Å². The molecule has 1 aromatic carbocycles. The summed E-state index contributed by atoms with van der Waals surface area (Å²) in [5, 5.41) is 4.59. The number of nitrogens with two attached hydrogens (primary N) is 1. The second kappa shape index (κ2) is 3.92. The number of hydrogen-bond donors (Lipinski definition) is 2. The molecule has 0 radical (unpaired) electrons. The molecule has 3 rings (SSSR count). The van der Waals surface area contributed by atoms with Crippen molar-refractivity contribution < 1.29 is 4.42 Å². The minimum atomic E-state index is 0.580. The van der Waals surface area contributed by atoms with Crippen LogP contribution in [0.2, 0.25) is 0 Å². The van der Waals surface area contributed by atoms with Gasteiger partial charge in [0, 0.05) is 18.0 Å². The molecule has 0 atom stereocenters. The Hall–Kier alpha value is -1.32. The standard InChI is InChI=1S/C13H16N2O/c14-7-9-1-4-13-10(5-9)6-12(16-13)8-15-11-2-3-11/h1,4-6,11,15H,2-3,7-8,14H2. The second-order valence-electron chi connectivity index (χ2n) is 4.44. The highest BCUT2D eigenvalue weighted by Crippen LogP contribution is 2.23. The molecule has 0 unspecified atom stereocenters. The normalized spacial score (nSPS) is 15.8. The molecule has 0 bridgehead atoms. The Balaban J connectivity index is 1.83. The summed E-state index contributed by atoms with van der Waals surface area (Å²) in [5.41, 5.74) is 7.71. The first-order valence-electron chi connectivity index (χ1n) is 5.80. The molecule has 1 heterocycles. The lowest BCUT2D eigenvalue weighted by Gasteiger charge is -1.96. The number of furan rings is 1. The molecule has 1 fully saturated rings. The highest BCUT2D eigenvalue weighted by atomic mass is 16.3. The summed E-state index contributed by atoms with van der Waals surface area (Å²) < 4.78 is 5.74. The van der Waals surface area contributed by atoms with Gasteiger partial charge >= 0.3 is 0 Å². The van der Waals surface area contributed by atoms with Gasteiger partial charge in [-0.15, -0.1) is 0 Å². The monoisotopic (exact) mass is 216 g/mol. The molecular formula is C13H16N2O. The van der Waals surface area contributed by atoms with Crippen LogP contribution in [0, 0.1) is 0 Å². The molecule has 1 saturated carbocycles. The summed E-state index contributed by atoms with van der Waals surface area (Å²) in [6.45, 7) is 1.41. The van der Waals surface area contributed by atoms with E-state index in [2.05, 4.69) is 17.4 Å². The van der Waals surface area contributed by atoms with Crippen LogP contribution in [-0.4, -0.2) is 6.04 Å². The van der Waals surface area contributed by atoms with Crippen molar-refractivity contribution in [2.24, 2.45) is 5.73 Å². The molecule has 3 N–H and O–H groups in total. The second-order valence-corrected chi connectivity index (χ2v) is 4.44. The van der Waals surface area contributed by atoms with Crippen LogP contribution >= 0.6 is 0 Å². The maximum absolute atomic E-state index is 5.74. The molecule has 1 aliphatic carbocycles. The minimum absolute atomic E-state index is 0.580. The molecular weight excluding hydrogens is 200 g/mol. The van der Waals surface area contributed by atoms with Crippen LogP contribution in [-0.2, 0) is 13.1 Å². The lowest BCUT2D eigenvalue weighted by molar-refractivity contribution is 0.512. The van der Waals surface area contributed by atoms with Gasteiger partial charge in [0.25, 0.3) is 0 Å². The van der Waals surface area contributed by atoms with E-state index in [0.29, 0.717) is 12.6 Å². The topological polar surface area (TPSA) is 51.2 Å². The van der Waals surface area contributed by atoms with Crippen LogP contribution < -0.4 is 11.1 Å². The van der Waals surface area contributed by atoms with Gasteiger partial charge in [-0.05, 0) is 36.6 Å². The van der Waals surface area contributed by atoms with E-state index >= 15 is 0 Å². The lowest BCUT2D eigenvalue weighted by atomic mass is 10.1. The summed E-state index contributed by atoms with van der Waals surface area (Å²) >= 11 is 0. The Labute approximate surface area is 94.6 Å². The summed E-state index contributed by atoms with van der Waals surface area (Å²) in [7, 11) is 0. The molecule has 2 aromatic rings. The lowest BCUT2D eigenvalue weighted by Crippen LogP contribution is -2.14. The first kappa shape index (κ1) is 9.87. The van der Waals surface area contributed by atoms with E-state index in [0.717, 1.165) is 28.8 Å². The van der Waals surface area contributed by atoms with Gasteiger partial charge in [0.05, 0.1) is 6.54 Å². The summed E-state index contributed by atoms with van der Waals surface area (Å²) in [4.78, 5) is 0. The van der Waals surface area contributed by atoms with Crippen LogP contribution in [0.15, 0.2) is 28.7 Å². The average Bonchev–Trinajstić information content (AvgIpc) is 3.04. The highest BCUT2D eigenvalue weighted by molar-refractivity contribution is 5.78. The largest absolute Gasteiger partial charge is 0.460 e. The number of fused-ring (bicyclic) bond motifs is 1. The van der Waals surface area contributed by atoms with Crippen LogP contribution in [0.25, 0.3) is 11.0 Å². The SMILES string of the molecule is NCc1ccc2oc(CNC3CC3)cc2c1. The van der Waals surface area contributed by atoms with Crippen molar-refractivity contribution in [3.63, 3.8) is 0 Å². The van der Waals surface area contributed by atoms with E-state index in [-0.39, 0.29) is 0 Å². The molecule has 84 valence electrons. The third kappa shape index (κ3) is 1.96. The Morgan fingerprint density at radius 3 is 2.94 bits per heavy atom. The molecule has 0 spiro atoms. The third-order valence-electron chi connectivity index (χ3n) is 3.01. The summed E-state index contributed by atoms with van der Waals surface area (Å²) in [5.74, 6) is 1.01. The van der Waals surface area contributed by atoms with E-state index in [1.54, 1.807) is 0 Å². The third-order valence-corrected chi connectivity index (χ3v) is 3.01. The summed E-state index contributed by atoms with van der Waals surface area (Å²) in [6.07, 6.45) is 2.61. The quantitative estimate of drug-likeness (QED) is 0.823. The van der Waals surface area contributed by atoms with Crippen LogP contribution in [0.4, 0.5) is 0 Å². The molecule has 0 amide bonds. The van der Waals surface area contributed by atoms with E-state index in [9.17, 15) is 0 Å². The van der Waals surface area contributed by atoms with Crippen LogP contribution in [0.3, 0.4) is 0 Å². The number of rotatable bonds is 4. The Kier molecular flexibility index (Phi) is 2.42. The Morgan fingerprint density at radius 2 is 2.19 bits per heavy atom. The Morgan fingerprint density at radius 1 is 1.31 bits per heavy atom. The molecule has 1 aliphatic rings. The fraction of sp³-hybridized carbons (Fsp3) is 0.385. The van der Waals surface area contributed by atoms with Gasteiger partial charge in [-0.25, -0.2) is 0 Å². The molecule has 3 heteroatoms. The maximum atomic E-state index is 5.74. The first-order valence-corrected chi connectivity index (χ1v) is 5.80. The predicted octanol–water partition coefficient (Wildman–Crippen LogP) is 2.14. The molecule has 0 aliphatic heterocycles. The zero-order valence-electron chi connectivity index (χ0n) is 9.20. The molecule has 3 nitrogen and oxygen atoms in total. The van der Waals surface area contributed by atoms with Crippen LogP contribution in [0.1, 0.15) is 24.2 Å². The zero-order valence-corrected chi connectivity index (χ0v) is 9.20. The first-order chi connectivity index (χ1) is 7.85. The maximum Gasteiger partial charge on any atom is 0.134 e. The highest BCUT2D eigenvalue weighted by Gasteiger charge is 2.20. The van der Waals surface area contributed by atoms with Gasteiger partial charge in [0.1, 0.15) is 11.3 Å². The van der Waals surface area contributed by atoms with Crippen LogP contribution in [0.5, 0.6) is 0 Å². The molecule has 16 heavy (non-hydrogen) atoms. The van der Waals surface area contributed by atoms with Gasteiger partial charge in [0.2, 0.25) is 0 Å². The van der Waals surface area contributed by atoms with E-state index in [1.165, 1.54) is 12.8 Å². The van der Waals surface area contributed by atoms with E-state index in [4.69, 9.17) is 10.2 Å². The summed E-state index contributed by atoms with van der Waals surface area (Å²) in [6, 6.07) is 8.93. The number of nitrogens with one attached hydrogen (secondary N) is 1. The zero-order chi connectivity index (χ0) is 11.0. The number of hydrogen-bond acceptors (Lipinski definition) is 3. The van der Waals surface area contributed by atoms with Crippen molar-refractivity contribution in [3.8, 4) is 0 Å². The van der Waals surface area contributed by atoms with Gasteiger partial charge < -0.3 is 15.5 Å². The van der Waals surface area contributed by atoms with Crippen molar-refractivity contribution in [1.82, 2.24) is 5.32 Å². The van der Waals surface area contributed by atoms with Crippen molar-refractivity contribution in [2.75, 3.05) is 0 Å². The number of benzene rings is 1. The fourth-order valence-corrected chi connectivity index (χ4v) is 1.89. The van der Waals surface area contributed by atoms with Gasteiger partial charge in [-0.1, -0.05) is 6.07 Å². The van der Waals surface area contributed by atoms with Gasteiger partial charge in [-0.2, -0.15) is 0 Å². The van der Waals surface area contributed by atoms with Gasteiger partial charge in [0.15, 0.2) is 0 Å². The van der Waals surface area contributed by atoms with Crippen molar-refractivity contribution >= 4 is 11.0 Å². The fourth-order valence-electron chi connectivity index (χ4n) is 1.89. The van der Waals surface area contributed by atoms with Gasteiger partial charge in [-0.3, -0.25) is 0 Å². The molecule has 0 saturated heterocycles. The van der Waals surface area contributed by atoms with E-state index in [1.807, 2.05) is 12.1 Å². The van der Waals surface area contributed by atoms with E-state index < -0.39 is 0 Å². The predicted molar refractivity (Wildman–Crippen MR) is 64.0 cm³/mol. The Bertz CT molecular complexity index is 500. The van der Waals surface area contributed by atoms with Crippen molar-refractivity contribution in [1.29, 1.82) is 0 Å². The smallest absolute Gasteiger partial charge is 0.134 e.